The predicted octanol–water partition coefficient (Wildman–Crippen LogP) is 1.96. The number of likely N-dealkylation sites (tertiary alicyclic amines) is 1. The number of hydrogen-bond donors (Lipinski definition) is 2. The molecular weight excluding hydrogens is 256 g/mol. The first-order valence-electron chi connectivity index (χ1n) is 6.81. The van der Waals surface area contributed by atoms with Crippen LogP contribution in [0.15, 0.2) is 23.4 Å². The number of nitrogens with zero attached hydrogens (tertiary/aromatic N) is 2. The van der Waals surface area contributed by atoms with Crippen LogP contribution >= 0.6 is 0 Å². The van der Waals surface area contributed by atoms with Crippen LogP contribution in [-0.2, 0) is 17.8 Å². The zero-order chi connectivity index (χ0) is 14.7. The molecule has 0 bridgehead atoms. The van der Waals surface area contributed by atoms with Crippen molar-refractivity contribution >= 4 is 11.7 Å². The molecule has 0 spiro atoms. The molecule has 20 heavy (non-hydrogen) atoms. The van der Waals surface area contributed by atoms with Gasteiger partial charge in [0.15, 0.2) is 0 Å². The molecule has 5 heteroatoms. The molecule has 1 aromatic rings. The number of oxime groups is 1. The number of carbonyl (C=O) groups is 1. The minimum atomic E-state index is -0.706. The minimum Gasteiger partial charge on any atom is -0.481 e. The SMILES string of the molecule is CCc1cc(/C(C)=N\O)ccc1CN1CC(C(=O)O)C1. The first-order valence-corrected chi connectivity index (χ1v) is 6.81. The van der Waals surface area contributed by atoms with Gasteiger partial charge < -0.3 is 10.3 Å². The van der Waals surface area contributed by atoms with Crippen molar-refractivity contribution in [1.82, 2.24) is 4.90 Å². The van der Waals surface area contributed by atoms with Crippen LogP contribution in [0.5, 0.6) is 0 Å². The molecule has 1 aromatic carbocycles. The van der Waals surface area contributed by atoms with Crippen LogP contribution in [0.25, 0.3) is 0 Å². The standard InChI is InChI=1S/C15H20N2O3/c1-3-11-6-12(10(2)16-20)4-5-13(11)7-17-8-14(9-17)15(18)19/h4-6,14,20H,3,7-9H2,1-2H3,(H,18,19)/b16-10-. The van der Waals surface area contributed by atoms with Crippen LogP contribution < -0.4 is 0 Å². The van der Waals surface area contributed by atoms with Crippen molar-refractivity contribution in [2.75, 3.05) is 13.1 Å². The van der Waals surface area contributed by atoms with Gasteiger partial charge in [0.05, 0.1) is 11.6 Å². The molecule has 1 heterocycles. The number of benzene rings is 1. The van der Waals surface area contributed by atoms with E-state index in [0.717, 1.165) is 18.5 Å². The molecule has 0 atom stereocenters. The van der Waals surface area contributed by atoms with Gasteiger partial charge in [0.1, 0.15) is 0 Å². The van der Waals surface area contributed by atoms with Gasteiger partial charge in [-0.3, -0.25) is 9.69 Å². The molecule has 0 saturated carbocycles. The molecule has 2 rings (SSSR count). The van der Waals surface area contributed by atoms with Gasteiger partial charge >= 0.3 is 5.97 Å². The van der Waals surface area contributed by atoms with Crippen molar-refractivity contribution < 1.29 is 15.1 Å². The van der Waals surface area contributed by atoms with Crippen LogP contribution in [0.4, 0.5) is 0 Å². The number of carboxylic acid groups (broad SMARTS) is 1. The highest BCUT2D eigenvalue weighted by Crippen LogP contribution is 2.22. The number of carboxylic acids is 1. The third kappa shape index (κ3) is 2.99. The Bertz CT molecular complexity index is 534. The molecule has 1 aliphatic rings. The quantitative estimate of drug-likeness (QED) is 0.490. The zero-order valence-electron chi connectivity index (χ0n) is 11.8. The largest absolute Gasteiger partial charge is 0.481 e. The minimum absolute atomic E-state index is 0.219. The first kappa shape index (κ1) is 14.5. The monoisotopic (exact) mass is 276 g/mol. The molecule has 1 fully saturated rings. The second-order valence-corrected chi connectivity index (χ2v) is 5.25. The highest BCUT2D eigenvalue weighted by molar-refractivity contribution is 5.98. The number of rotatable bonds is 5. The lowest BCUT2D eigenvalue weighted by Gasteiger charge is -2.37. The smallest absolute Gasteiger partial charge is 0.309 e. The molecule has 0 unspecified atom stereocenters. The summed E-state index contributed by atoms with van der Waals surface area (Å²) < 4.78 is 0. The van der Waals surface area contributed by atoms with E-state index in [1.165, 1.54) is 11.1 Å². The van der Waals surface area contributed by atoms with Gasteiger partial charge in [-0.1, -0.05) is 24.2 Å². The summed E-state index contributed by atoms with van der Waals surface area (Å²) in [7, 11) is 0. The Labute approximate surface area is 118 Å². The van der Waals surface area contributed by atoms with E-state index in [0.29, 0.717) is 18.8 Å². The van der Waals surface area contributed by atoms with Gasteiger partial charge in [0.25, 0.3) is 0 Å². The summed E-state index contributed by atoms with van der Waals surface area (Å²) in [5.74, 6) is -0.926. The molecule has 5 nitrogen and oxygen atoms in total. The van der Waals surface area contributed by atoms with Crippen molar-refractivity contribution in [3.63, 3.8) is 0 Å². The lowest BCUT2D eigenvalue weighted by molar-refractivity contribution is -0.147. The number of hydrogen-bond acceptors (Lipinski definition) is 4. The Balaban J connectivity index is 2.07. The van der Waals surface area contributed by atoms with E-state index < -0.39 is 5.97 Å². The molecule has 1 saturated heterocycles. The molecular formula is C15H20N2O3. The third-order valence-corrected chi connectivity index (χ3v) is 3.86. The van der Waals surface area contributed by atoms with Gasteiger partial charge in [0, 0.05) is 19.6 Å². The van der Waals surface area contributed by atoms with Crippen molar-refractivity contribution in [1.29, 1.82) is 0 Å². The maximum absolute atomic E-state index is 10.8. The molecule has 108 valence electrons. The summed E-state index contributed by atoms with van der Waals surface area (Å²) in [6, 6.07) is 6.02. The van der Waals surface area contributed by atoms with Gasteiger partial charge in [-0.2, -0.15) is 0 Å². The summed E-state index contributed by atoms with van der Waals surface area (Å²) >= 11 is 0. The summed E-state index contributed by atoms with van der Waals surface area (Å²) in [5.41, 5.74) is 3.94. The Morgan fingerprint density at radius 3 is 2.65 bits per heavy atom. The summed E-state index contributed by atoms with van der Waals surface area (Å²) in [5, 5.41) is 20.9. The van der Waals surface area contributed by atoms with Crippen LogP contribution in [0.2, 0.25) is 0 Å². The fraction of sp³-hybridized carbons (Fsp3) is 0.467. The Hall–Kier alpha value is -1.88. The highest BCUT2D eigenvalue weighted by atomic mass is 16.4. The maximum atomic E-state index is 10.8. The van der Waals surface area contributed by atoms with Crippen molar-refractivity contribution in [2.45, 2.75) is 26.8 Å². The Morgan fingerprint density at radius 1 is 1.40 bits per heavy atom. The Kier molecular flexibility index (Phi) is 4.39. The van der Waals surface area contributed by atoms with Gasteiger partial charge in [-0.25, -0.2) is 0 Å². The van der Waals surface area contributed by atoms with Gasteiger partial charge in [0.2, 0.25) is 0 Å². The second-order valence-electron chi connectivity index (χ2n) is 5.25. The van der Waals surface area contributed by atoms with E-state index in [9.17, 15) is 4.79 Å². The molecule has 0 amide bonds. The maximum Gasteiger partial charge on any atom is 0.309 e. The van der Waals surface area contributed by atoms with E-state index in [-0.39, 0.29) is 5.92 Å². The molecule has 0 aliphatic carbocycles. The second kappa shape index (κ2) is 6.05. The van der Waals surface area contributed by atoms with E-state index in [1.807, 2.05) is 18.2 Å². The normalized spacial score (nSPS) is 17.0. The fourth-order valence-corrected chi connectivity index (χ4v) is 2.49. The van der Waals surface area contributed by atoms with E-state index >= 15 is 0 Å². The van der Waals surface area contributed by atoms with E-state index in [2.05, 4.69) is 17.0 Å². The lowest BCUT2D eigenvalue weighted by atomic mass is 9.96. The molecule has 0 radical (unpaired) electrons. The van der Waals surface area contributed by atoms with Crippen molar-refractivity contribution in [3.8, 4) is 0 Å². The van der Waals surface area contributed by atoms with Crippen LogP contribution in [0.1, 0.15) is 30.5 Å². The molecule has 2 N–H and O–H groups in total. The highest BCUT2D eigenvalue weighted by Gasteiger charge is 2.32. The third-order valence-electron chi connectivity index (χ3n) is 3.86. The Morgan fingerprint density at radius 2 is 2.10 bits per heavy atom. The summed E-state index contributed by atoms with van der Waals surface area (Å²) in [4.78, 5) is 12.9. The average molecular weight is 276 g/mol. The van der Waals surface area contributed by atoms with Crippen LogP contribution in [-0.4, -0.2) is 40.0 Å². The van der Waals surface area contributed by atoms with Crippen LogP contribution in [0, 0.1) is 5.92 Å². The number of aliphatic carboxylic acids is 1. The van der Waals surface area contributed by atoms with E-state index in [4.69, 9.17) is 10.3 Å². The van der Waals surface area contributed by atoms with E-state index in [1.54, 1.807) is 6.92 Å². The summed E-state index contributed by atoms with van der Waals surface area (Å²) in [6.07, 6.45) is 0.901. The lowest BCUT2D eigenvalue weighted by Crippen LogP contribution is -2.49. The zero-order valence-corrected chi connectivity index (χ0v) is 11.8. The predicted molar refractivity (Wildman–Crippen MR) is 76.2 cm³/mol. The molecule has 0 aromatic heterocycles. The molecule has 1 aliphatic heterocycles. The topological polar surface area (TPSA) is 73.1 Å². The first-order chi connectivity index (χ1) is 9.55. The number of aryl methyl sites for hydroxylation is 1. The summed E-state index contributed by atoms with van der Waals surface area (Å²) in [6.45, 7) is 5.88. The van der Waals surface area contributed by atoms with Crippen molar-refractivity contribution in [3.05, 3.63) is 34.9 Å². The van der Waals surface area contributed by atoms with Crippen molar-refractivity contribution in [2.24, 2.45) is 11.1 Å². The fourth-order valence-electron chi connectivity index (χ4n) is 2.49. The van der Waals surface area contributed by atoms with Gasteiger partial charge in [-0.05, 0) is 36.1 Å². The van der Waals surface area contributed by atoms with Gasteiger partial charge in [-0.15, -0.1) is 0 Å². The van der Waals surface area contributed by atoms with Crippen LogP contribution in [0.3, 0.4) is 0 Å². The average Bonchev–Trinajstić information content (AvgIpc) is 2.40.